The molecule has 0 bridgehead atoms. The number of Topliss-reactive ketones (excluding diaryl/α,β-unsaturated/α-hetero) is 1. The lowest BCUT2D eigenvalue weighted by Gasteiger charge is -2.27. The second-order valence-corrected chi connectivity index (χ2v) is 5.25. The molecule has 92 valence electrons. The van der Waals surface area contributed by atoms with Gasteiger partial charge in [-0.2, -0.15) is 0 Å². The van der Waals surface area contributed by atoms with Crippen LogP contribution in [0.15, 0.2) is 17.4 Å². The molecule has 0 spiro atoms. The molecule has 1 saturated heterocycles. The van der Waals surface area contributed by atoms with Gasteiger partial charge in [-0.25, -0.2) is 9.97 Å². The third-order valence-corrected chi connectivity index (χ3v) is 3.80. The number of carbonyl (C=O) groups excluding carboxylic acids is 1. The summed E-state index contributed by atoms with van der Waals surface area (Å²) in [7, 11) is 0. The fourth-order valence-electron chi connectivity index (χ4n) is 1.88. The lowest BCUT2D eigenvalue weighted by molar-refractivity contribution is -0.114. The Kier molecular flexibility index (Phi) is 4.36. The van der Waals surface area contributed by atoms with Gasteiger partial charge in [-0.1, -0.05) is 11.8 Å². The van der Waals surface area contributed by atoms with E-state index in [0.717, 1.165) is 23.9 Å². The molecule has 1 fully saturated rings. The highest BCUT2D eigenvalue weighted by Crippen LogP contribution is 2.22. The topological polar surface area (TPSA) is 46.1 Å². The number of carbonyl (C=O) groups is 1. The van der Waals surface area contributed by atoms with E-state index in [-0.39, 0.29) is 5.78 Å². The molecule has 2 heterocycles. The lowest BCUT2D eigenvalue weighted by atomic mass is 10.1. The molecule has 0 N–H and O–H groups in total. The first-order chi connectivity index (χ1) is 8.25. The number of nitrogens with zero attached hydrogens (tertiary/aromatic N) is 3. The summed E-state index contributed by atoms with van der Waals surface area (Å²) in [5.41, 5.74) is 0. The summed E-state index contributed by atoms with van der Waals surface area (Å²) in [4.78, 5) is 21.7. The smallest absolute Gasteiger partial charge is 0.140 e. The number of ketones is 1. The molecule has 0 radical (unpaired) electrons. The second kappa shape index (κ2) is 6.00. The van der Waals surface area contributed by atoms with E-state index in [0.29, 0.717) is 5.75 Å². The van der Waals surface area contributed by atoms with Crippen molar-refractivity contribution in [2.24, 2.45) is 0 Å². The summed E-state index contributed by atoms with van der Waals surface area (Å²) in [6.07, 6.45) is 5.37. The molecule has 0 aromatic carbocycles. The van der Waals surface area contributed by atoms with Crippen LogP contribution in [0.2, 0.25) is 0 Å². The van der Waals surface area contributed by atoms with Crippen LogP contribution in [0.25, 0.3) is 0 Å². The Morgan fingerprint density at radius 1 is 1.35 bits per heavy atom. The minimum absolute atomic E-state index is 0.174. The maximum absolute atomic E-state index is 10.9. The molecule has 0 amide bonds. The van der Waals surface area contributed by atoms with Crippen LogP contribution in [0.3, 0.4) is 0 Å². The molecule has 5 heteroatoms. The fraction of sp³-hybridized carbons (Fsp3) is 0.583. The first-order valence-electron chi connectivity index (χ1n) is 5.95. The van der Waals surface area contributed by atoms with E-state index < -0.39 is 0 Å². The van der Waals surface area contributed by atoms with Crippen LogP contribution in [0.1, 0.15) is 26.2 Å². The van der Waals surface area contributed by atoms with Crippen molar-refractivity contribution < 1.29 is 4.79 Å². The van der Waals surface area contributed by atoms with E-state index in [4.69, 9.17) is 0 Å². The number of rotatable bonds is 4. The molecule has 17 heavy (non-hydrogen) atoms. The number of hydrogen-bond acceptors (Lipinski definition) is 5. The van der Waals surface area contributed by atoms with Crippen LogP contribution in [-0.4, -0.2) is 34.6 Å². The van der Waals surface area contributed by atoms with E-state index in [1.54, 1.807) is 13.3 Å². The van der Waals surface area contributed by atoms with E-state index in [1.807, 2.05) is 6.07 Å². The zero-order chi connectivity index (χ0) is 12.1. The number of hydrogen-bond donors (Lipinski definition) is 0. The minimum Gasteiger partial charge on any atom is -0.356 e. The Bertz CT molecular complexity index is 391. The van der Waals surface area contributed by atoms with Gasteiger partial charge in [0.15, 0.2) is 0 Å². The van der Waals surface area contributed by atoms with Crippen molar-refractivity contribution in [3.8, 4) is 0 Å². The zero-order valence-electron chi connectivity index (χ0n) is 10.1. The number of thioether (sulfide) groups is 1. The number of piperidine rings is 1. The van der Waals surface area contributed by atoms with E-state index in [2.05, 4.69) is 14.9 Å². The van der Waals surface area contributed by atoms with Crippen molar-refractivity contribution in [1.82, 2.24) is 9.97 Å². The molecule has 0 saturated carbocycles. The van der Waals surface area contributed by atoms with Crippen molar-refractivity contribution >= 4 is 23.4 Å². The van der Waals surface area contributed by atoms with Gasteiger partial charge in [-0.05, 0) is 26.2 Å². The third-order valence-electron chi connectivity index (χ3n) is 2.73. The average Bonchev–Trinajstić information content (AvgIpc) is 2.38. The molecular weight excluding hydrogens is 234 g/mol. The van der Waals surface area contributed by atoms with Crippen LogP contribution in [0.5, 0.6) is 0 Å². The molecule has 1 aliphatic rings. The second-order valence-electron chi connectivity index (χ2n) is 4.25. The van der Waals surface area contributed by atoms with Gasteiger partial charge < -0.3 is 4.90 Å². The average molecular weight is 251 g/mol. The van der Waals surface area contributed by atoms with Crippen molar-refractivity contribution in [3.63, 3.8) is 0 Å². The predicted octanol–water partition coefficient (Wildman–Crippen LogP) is 2.15. The van der Waals surface area contributed by atoms with Crippen LogP contribution < -0.4 is 4.90 Å². The summed E-state index contributed by atoms with van der Waals surface area (Å²) in [5, 5.41) is 0.885. The van der Waals surface area contributed by atoms with Crippen molar-refractivity contribution in [2.45, 2.75) is 31.2 Å². The van der Waals surface area contributed by atoms with E-state index in [9.17, 15) is 4.79 Å². The zero-order valence-corrected chi connectivity index (χ0v) is 10.9. The molecule has 1 aliphatic heterocycles. The Morgan fingerprint density at radius 3 is 2.82 bits per heavy atom. The van der Waals surface area contributed by atoms with Gasteiger partial charge in [-0.15, -0.1) is 0 Å². The minimum atomic E-state index is 0.174. The summed E-state index contributed by atoms with van der Waals surface area (Å²) >= 11 is 1.48. The standard InChI is InChI=1S/C12H17N3OS/c1-10(16)8-17-12-7-11(13-9-14-12)15-5-3-2-4-6-15/h7,9H,2-6,8H2,1H3. The number of aromatic nitrogens is 2. The summed E-state index contributed by atoms with van der Waals surface area (Å²) in [6, 6.07) is 1.99. The van der Waals surface area contributed by atoms with Gasteiger partial charge >= 0.3 is 0 Å². The summed E-state index contributed by atoms with van der Waals surface area (Å²) < 4.78 is 0. The molecule has 0 atom stereocenters. The van der Waals surface area contributed by atoms with Gasteiger partial charge in [0.05, 0.1) is 5.75 Å². The largest absolute Gasteiger partial charge is 0.356 e. The van der Waals surface area contributed by atoms with Crippen LogP contribution in [0.4, 0.5) is 5.82 Å². The normalized spacial score (nSPS) is 15.9. The highest BCUT2D eigenvalue weighted by Gasteiger charge is 2.12. The molecule has 0 aliphatic carbocycles. The highest BCUT2D eigenvalue weighted by molar-refractivity contribution is 7.99. The third kappa shape index (κ3) is 3.70. The van der Waals surface area contributed by atoms with Crippen molar-refractivity contribution in [3.05, 3.63) is 12.4 Å². The van der Waals surface area contributed by atoms with Crippen LogP contribution in [-0.2, 0) is 4.79 Å². The first kappa shape index (κ1) is 12.4. The Hall–Kier alpha value is -1.10. The molecule has 0 unspecified atom stereocenters. The van der Waals surface area contributed by atoms with E-state index in [1.165, 1.54) is 31.0 Å². The Morgan fingerprint density at radius 2 is 2.12 bits per heavy atom. The van der Waals surface area contributed by atoms with Gasteiger partial charge in [-0.3, -0.25) is 4.79 Å². The maximum Gasteiger partial charge on any atom is 0.140 e. The predicted molar refractivity (Wildman–Crippen MR) is 69.5 cm³/mol. The number of anilines is 1. The SMILES string of the molecule is CC(=O)CSc1cc(N2CCCCC2)ncn1. The van der Waals surface area contributed by atoms with Crippen LogP contribution >= 0.6 is 11.8 Å². The van der Waals surface area contributed by atoms with Crippen molar-refractivity contribution in [2.75, 3.05) is 23.7 Å². The van der Waals surface area contributed by atoms with Gasteiger partial charge in [0, 0.05) is 19.2 Å². The monoisotopic (exact) mass is 251 g/mol. The van der Waals surface area contributed by atoms with Crippen molar-refractivity contribution in [1.29, 1.82) is 0 Å². The lowest BCUT2D eigenvalue weighted by Crippen LogP contribution is -2.30. The first-order valence-corrected chi connectivity index (χ1v) is 6.93. The van der Waals surface area contributed by atoms with Gasteiger partial charge in [0.2, 0.25) is 0 Å². The molecular formula is C12H17N3OS. The summed E-state index contributed by atoms with van der Waals surface area (Å²) in [6.45, 7) is 3.75. The fourth-order valence-corrected chi connectivity index (χ4v) is 2.54. The van der Waals surface area contributed by atoms with E-state index >= 15 is 0 Å². The maximum atomic E-state index is 10.9. The van der Waals surface area contributed by atoms with Gasteiger partial charge in [0.25, 0.3) is 0 Å². The Labute approximate surface area is 106 Å². The molecule has 2 rings (SSSR count). The van der Waals surface area contributed by atoms with Gasteiger partial charge in [0.1, 0.15) is 23.0 Å². The molecule has 1 aromatic rings. The molecule has 4 nitrogen and oxygen atoms in total. The Balaban J connectivity index is 2.02. The van der Waals surface area contributed by atoms with Crippen LogP contribution in [0, 0.1) is 0 Å². The molecule has 1 aromatic heterocycles. The highest BCUT2D eigenvalue weighted by atomic mass is 32.2. The quantitative estimate of drug-likeness (QED) is 0.606. The summed E-state index contributed by atoms with van der Waals surface area (Å²) in [5.74, 6) is 1.65.